The van der Waals surface area contributed by atoms with E-state index in [9.17, 15) is 0 Å². The molecule has 0 saturated heterocycles. The first-order chi connectivity index (χ1) is 10.8. The molecule has 0 aliphatic rings. The van der Waals surface area contributed by atoms with Crippen LogP contribution in [0.5, 0.6) is 5.75 Å². The fraction of sp³-hybridized carbons (Fsp3) is 0.588. The van der Waals surface area contributed by atoms with E-state index in [1.165, 1.54) is 17.7 Å². The third-order valence-electron chi connectivity index (χ3n) is 3.02. The quantitative estimate of drug-likeness (QED) is 0.395. The Morgan fingerprint density at radius 1 is 1.27 bits per heavy atom. The van der Waals surface area contributed by atoms with Crippen LogP contribution in [-0.4, -0.2) is 44.2 Å². The Bertz CT molecular complexity index is 438. The predicted octanol–water partition coefficient (Wildman–Crippen LogP) is 3.07. The van der Waals surface area contributed by atoms with E-state index in [-0.39, 0.29) is 0 Å². The SMILES string of the molecule is CCNC(=NCCCCSC)NCCOc1cccc(C)c1. The molecule has 0 fully saturated rings. The van der Waals surface area contributed by atoms with Crippen LogP contribution in [0.25, 0.3) is 0 Å². The van der Waals surface area contributed by atoms with Crippen LogP contribution >= 0.6 is 11.8 Å². The smallest absolute Gasteiger partial charge is 0.191 e. The zero-order valence-corrected chi connectivity index (χ0v) is 14.8. The van der Waals surface area contributed by atoms with Gasteiger partial charge in [-0.15, -0.1) is 0 Å². The predicted molar refractivity (Wildman–Crippen MR) is 98.3 cm³/mol. The topological polar surface area (TPSA) is 45.7 Å². The Balaban J connectivity index is 2.24. The molecule has 0 aromatic heterocycles. The van der Waals surface area contributed by atoms with E-state index >= 15 is 0 Å². The van der Waals surface area contributed by atoms with E-state index in [1.54, 1.807) is 0 Å². The summed E-state index contributed by atoms with van der Waals surface area (Å²) < 4.78 is 5.72. The van der Waals surface area contributed by atoms with Crippen LogP contribution in [0.15, 0.2) is 29.3 Å². The van der Waals surface area contributed by atoms with Crippen LogP contribution in [0.2, 0.25) is 0 Å². The van der Waals surface area contributed by atoms with Gasteiger partial charge < -0.3 is 15.4 Å². The van der Waals surface area contributed by atoms with Crippen molar-refractivity contribution in [1.82, 2.24) is 10.6 Å². The van der Waals surface area contributed by atoms with Gasteiger partial charge in [0.05, 0.1) is 6.54 Å². The largest absolute Gasteiger partial charge is 0.492 e. The van der Waals surface area contributed by atoms with E-state index in [1.807, 2.05) is 30.0 Å². The standard InChI is InChI=1S/C17H29N3OS/c1-4-18-17(19-10-5-6-13-22-3)20-11-12-21-16-9-7-8-15(2)14-16/h7-9,14H,4-6,10-13H2,1-3H3,(H2,18,19,20). The number of aliphatic imine (C=N–C) groups is 1. The molecule has 0 amide bonds. The van der Waals surface area contributed by atoms with Crippen molar-refractivity contribution in [2.75, 3.05) is 38.2 Å². The third kappa shape index (κ3) is 8.82. The molecule has 22 heavy (non-hydrogen) atoms. The summed E-state index contributed by atoms with van der Waals surface area (Å²) in [6.45, 7) is 7.25. The number of ether oxygens (including phenoxy) is 1. The number of aryl methyl sites for hydroxylation is 1. The van der Waals surface area contributed by atoms with Gasteiger partial charge in [-0.05, 0) is 56.4 Å². The molecule has 0 atom stereocenters. The van der Waals surface area contributed by atoms with Crippen molar-refractivity contribution in [3.05, 3.63) is 29.8 Å². The highest BCUT2D eigenvalue weighted by Gasteiger charge is 1.98. The minimum atomic E-state index is 0.625. The average molecular weight is 324 g/mol. The first kappa shape index (κ1) is 18.7. The molecule has 4 nitrogen and oxygen atoms in total. The minimum absolute atomic E-state index is 0.625. The number of hydrogen-bond acceptors (Lipinski definition) is 3. The average Bonchev–Trinajstić information content (AvgIpc) is 2.51. The second-order valence-corrected chi connectivity index (χ2v) is 6.04. The molecule has 1 aromatic carbocycles. The van der Waals surface area contributed by atoms with Crippen molar-refractivity contribution in [2.45, 2.75) is 26.7 Å². The molecule has 0 bridgehead atoms. The van der Waals surface area contributed by atoms with Gasteiger partial charge in [-0.1, -0.05) is 12.1 Å². The number of hydrogen-bond donors (Lipinski definition) is 2. The molecule has 0 unspecified atom stereocenters. The minimum Gasteiger partial charge on any atom is -0.492 e. The maximum Gasteiger partial charge on any atom is 0.191 e. The van der Waals surface area contributed by atoms with Gasteiger partial charge in [0, 0.05) is 13.1 Å². The molecule has 0 heterocycles. The van der Waals surface area contributed by atoms with E-state index in [4.69, 9.17) is 4.74 Å². The first-order valence-electron chi connectivity index (χ1n) is 7.97. The summed E-state index contributed by atoms with van der Waals surface area (Å²) in [4.78, 5) is 4.57. The van der Waals surface area contributed by atoms with Gasteiger partial charge in [0.15, 0.2) is 5.96 Å². The van der Waals surface area contributed by atoms with Gasteiger partial charge in [0.1, 0.15) is 12.4 Å². The van der Waals surface area contributed by atoms with Crippen LogP contribution in [0, 0.1) is 6.92 Å². The number of rotatable bonds is 10. The zero-order valence-electron chi connectivity index (χ0n) is 14.0. The number of nitrogens with one attached hydrogen (secondary N) is 2. The molecule has 0 aliphatic heterocycles. The Morgan fingerprint density at radius 2 is 2.14 bits per heavy atom. The van der Waals surface area contributed by atoms with Gasteiger partial charge >= 0.3 is 0 Å². The molecule has 1 aromatic rings. The molecule has 0 aliphatic carbocycles. The number of unbranched alkanes of at least 4 members (excludes halogenated alkanes) is 1. The fourth-order valence-electron chi connectivity index (χ4n) is 1.93. The molecule has 0 spiro atoms. The molecule has 1 rings (SSSR count). The fourth-order valence-corrected chi connectivity index (χ4v) is 2.43. The summed E-state index contributed by atoms with van der Waals surface area (Å²) in [5.74, 6) is 3.00. The van der Waals surface area contributed by atoms with Gasteiger partial charge in [-0.3, -0.25) is 4.99 Å². The molecule has 0 saturated carbocycles. The normalized spacial score (nSPS) is 11.3. The lowest BCUT2D eigenvalue weighted by Crippen LogP contribution is -2.39. The molecule has 0 radical (unpaired) electrons. The molecular weight excluding hydrogens is 294 g/mol. The Hall–Kier alpha value is -1.36. The van der Waals surface area contributed by atoms with Crippen molar-refractivity contribution in [1.29, 1.82) is 0 Å². The summed E-state index contributed by atoms with van der Waals surface area (Å²) in [7, 11) is 0. The lowest BCUT2D eigenvalue weighted by molar-refractivity contribution is 0.321. The summed E-state index contributed by atoms with van der Waals surface area (Å²) in [6, 6.07) is 8.11. The van der Waals surface area contributed by atoms with E-state index in [0.29, 0.717) is 6.61 Å². The monoisotopic (exact) mass is 323 g/mol. The van der Waals surface area contributed by atoms with Gasteiger partial charge in [0.25, 0.3) is 0 Å². The molecular formula is C17H29N3OS. The summed E-state index contributed by atoms with van der Waals surface area (Å²) in [5, 5.41) is 6.56. The molecule has 5 heteroatoms. The lowest BCUT2D eigenvalue weighted by atomic mass is 10.2. The van der Waals surface area contributed by atoms with Crippen LogP contribution < -0.4 is 15.4 Å². The van der Waals surface area contributed by atoms with Gasteiger partial charge in [-0.2, -0.15) is 11.8 Å². The number of benzene rings is 1. The second kappa shape index (κ2) is 12.2. The highest BCUT2D eigenvalue weighted by Crippen LogP contribution is 2.11. The Labute approximate surface area is 139 Å². The zero-order chi connectivity index (χ0) is 16.0. The van der Waals surface area contributed by atoms with Crippen LogP contribution in [0.3, 0.4) is 0 Å². The lowest BCUT2D eigenvalue weighted by Gasteiger charge is -2.12. The van der Waals surface area contributed by atoms with Crippen molar-refractivity contribution >= 4 is 17.7 Å². The van der Waals surface area contributed by atoms with Gasteiger partial charge in [-0.25, -0.2) is 0 Å². The maximum atomic E-state index is 5.72. The van der Waals surface area contributed by atoms with Crippen LogP contribution in [0.1, 0.15) is 25.3 Å². The van der Waals surface area contributed by atoms with E-state index in [0.717, 1.165) is 37.8 Å². The second-order valence-electron chi connectivity index (χ2n) is 5.05. The molecule has 2 N–H and O–H groups in total. The summed E-state index contributed by atoms with van der Waals surface area (Å²) in [6.07, 6.45) is 4.50. The van der Waals surface area contributed by atoms with Crippen molar-refractivity contribution in [3.8, 4) is 5.75 Å². The van der Waals surface area contributed by atoms with Crippen molar-refractivity contribution in [3.63, 3.8) is 0 Å². The van der Waals surface area contributed by atoms with Crippen LogP contribution in [0.4, 0.5) is 0 Å². The highest BCUT2D eigenvalue weighted by molar-refractivity contribution is 7.98. The Kier molecular flexibility index (Phi) is 10.4. The number of nitrogens with zero attached hydrogens (tertiary/aromatic N) is 1. The highest BCUT2D eigenvalue weighted by atomic mass is 32.2. The van der Waals surface area contributed by atoms with Crippen molar-refractivity contribution < 1.29 is 4.74 Å². The first-order valence-corrected chi connectivity index (χ1v) is 9.36. The van der Waals surface area contributed by atoms with Crippen molar-refractivity contribution in [2.24, 2.45) is 4.99 Å². The number of guanidine groups is 1. The molecule has 124 valence electrons. The number of thioether (sulfide) groups is 1. The van der Waals surface area contributed by atoms with Gasteiger partial charge in [0.2, 0.25) is 0 Å². The maximum absolute atomic E-state index is 5.72. The summed E-state index contributed by atoms with van der Waals surface area (Å²) in [5.41, 5.74) is 1.21. The Morgan fingerprint density at radius 3 is 2.86 bits per heavy atom. The van der Waals surface area contributed by atoms with Crippen LogP contribution in [-0.2, 0) is 0 Å². The summed E-state index contributed by atoms with van der Waals surface area (Å²) >= 11 is 1.89. The third-order valence-corrected chi connectivity index (χ3v) is 3.72. The van der Waals surface area contributed by atoms with E-state index in [2.05, 4.69) is 41.8 Å². The van der Waals surface area contributed by atoms with E-state index < -0.39 is 0 Å².